The molecule has 0 atom stereocenters. The number of anilines is 1. The van der Waals surface area contributed by atoms with Gasteiger partial charge in [0.1, 0.15) is 5.82 Å². The van der Waals surface area contributed by atoms with E-state index in [2.05, 4.69) is 26.1 Å². The first-order valence-corrected chi connectivity index (χ1v) is 11.2. The average Bonchev–Trinajstić information content (AvgIpc) is 3.48. The van der Waals surface area contributed by atoms with E-state index < -0.39 is 0 Å². The number of nitrogens with one attached hydrogen (secondary N) is 1. The van der Waals surface area contributed by atoms with Gasteiger partial charge in [0, 0.05) is 62.0 Å². The zero-order valence-corrected chi connectivity index (χ0v) is 18.6. The van der Waals surface area contributed by atoms with E-state index in [1.165, 1.54) is 12.1 Å². The number of benzene rings is 2. The number of nitrogens with zero attached hydrogens (tertiary/aromatic N) is 6. The molecule has 170 valence electrons. The van der Waals surface area contributed by atoms with Crippen molar-refractivity contribution in [2.24, 2.45) is 0 Å². The van der Waals surface area contributed by atoms with Crippen LogP contribution in [0.4, 0.5) is 10.2 Å². The quantitative estimate of drug-likeness (QED) is 0.448. The Labute approximate surface area is 194 Å². The van der Waals surface area contributed by atoms with Crippen molar-refractivity contribution in [1.29, 1.82) is 0 Å². The fourth-order valence-corrected chi connectivity index (χ4v) is 4.59. The Balaban J connectivity index is 1.53. The van der Waals surface area contributed by atoms with Crippen LogP contribution in [0.1, 0.15) is 6.92 Å². The summed E-state index contributed by atoms with van der Waals surface area (Å²) in [5.74, 6) is 0.562. The van der Waals surface area contributed by atoms with Gasteiger partial charge in [-0.05, 0) is 36.4 Å². The fourth-order valence-electron chi connectivity index (χ4n) is 4.59. The number of aromatic amines is 1. The van der Waals surface area contributed by atoms with Gasteiger partial charge in [0.05, 0.1) is 23.1 Å². The van der Waals surface area contributed by atoms with E-state index in [9.17, 15) is 9.18 Å². The van der Waals surface area contributed by atoms with Gasteiger partial charge in [-0.2, -0.15) is 5.10 Å². The predicted octanol–water partition coefficient (Wildman–Crippen LogP) is 3.75. The Morgan fingerprint density at radius 2 is 1.79 bits per heavy atom. The third-order valence-corrected chi connectivity index (χ3v) is 6.38. The minimum Gasteiger partial charge on any atom is -0.350 e. The van der Waals surface area contributed by atoms with Gasteiger partial charge < -0.3 is 9.80 Å². The number of amides is 1. The molecule has 0 saturated carbocycles. The molecular weight excluding hydrogens is 433 g/mol. The second-order valence-electron chi connectivity index (χ2n) is 8.43. The van der Waals surface area contributed by atoms with Gasteiger partial charge in [-0.15, -0.1) is 0 Å². The number of halogens is 1. The Bertz CT molecular complexity index is 1510. The maximum absolute atomic E-state index is 13.7. The number of fused-ring (bicyclic) bond motifs is 2. The molecule has 0 spiro atoms. The molecule has 6 rings (SSSR count). The van der Waals surface area contributed by atoms with Crippen LogP contribution in [0.25, 0.3) is 39.1 Å². The normalized spacial score (nSPS) is 14.3. The number of rotatable bonds is 3. The van der Waals surface area contributed by atoms with Gasteiger partial charge in [0.15, 0.2) is 11.5 Å². The van der Waals surface area contributed by atoms with Crippen molar-refractivity contribution in [2.45, 2.75) is 6.92 Å². The van der Waals surface area contributed by atoms with Crippen LogP contribution < -0.4 is 4.90 Å². The lowest BCUT2D eigenvalue weighted by atomic mass is 10.0. The predicted molar refractivity (Wildman–Crippen MR) is 128 cm³/mol. The van der Waals surface area contributed by atoms with Crippen LogP contribution in [0, 0.1) is 5.82 Å². The van der Waals surface area contributed by atoms with Crippen LogP contribution in [0.2, 0.25) is 0 Å². The summed E-state index contributed by atoms with van der Waals surface area (Å²) in [5, 5.41) is 8.12. The van der Waals surface area contributed by atoms with Crippen molar-refractivity contribution < 1.29 is 9.18 Å². The molecule has 3 aromatic heterocycles. The number of carbonyl (C=O) groups is 1. The van der Waals surface area contributed by atoms with Gasteiger partial charge >= 0.3 is 0 Å². The highest BCUT2D eigenvalue weighted by Gasteiger charge is 2.25. The van der Waals surface area contributed by atoms with Crippen LogP contribution in [0.15, 0.2) is 61.1 Å². The summed E-state index contributed by atoms with van der Waals surface area (Å²) in [4.78, 5) is 25.4. The second kappa shape index (κ2) is 7.95. The fraction of sp³-hybridized carbons (Fsp3) is 0.200. The van der Waals surface area contributed by atoms with Crippen LogP contribution in [0.5, 0.6) is 0 Å². The first kappa shape index (κ1) is 20.3. The summed E-state index contributed by atoms with van der Waals surface area (Å²) in [6, 6.07) is 12.5. The molecule has 1 aliphatic heterocycles. The van der Waals surface area contributed by atoms with E-state index >= 15 is 0 Å². The lowest BCUT2D eigenvalue weighted by Gasteiger charge is -2.34. The average molecular weight is 455 g/mol. The molecule has 8 nitrogen and oxygen atoms in total. The van der Waals surface area contributed by atoms with Gasteiger partial charge in [0.2, 0.25) is 5.91 Å². The van der Waals surface area contributed by atoms with Crippen molar-refractivity contribution in [3.05, 3.63) is 66.9 Å². The SMILES string of the molecule is CC(=O)N1CCN(c2nccn3c(-c4ccc5[nH]ncc5c4)c(-c4ccc(F)cc4)nc23)CC1. The number of hydrogen-bond donors (Lipinski definition) is 1. The Hall–Kier alpha value is -4.27. The molecule has 1 fully saturated rings. The molecule has 0 radical (unpaired) electrons. The van der Waals surface area contributed by atoms with E-state index in [0.717, 1.165) is 44.9 Å². The van der Waals surface area contributed by atoms with Crippen LogP contribution in [-0.2, 0) is 4.79 Å². The molecule has 0 aliphatic carbocycles. The summed E-state index contributed by atoms with van der Waals surface area (Å²) < 4.78 is 15.7. The van der Waals surface area contributed by atoms with E-state index in [1.54, 1.807) is 31.5 Å². The second-order valence-corrected chi connectivity index (χ2v) is 8.43. The number of imidazole rings is 1. The topological polar surface area (TPSA) is 82.4 Å². The van der Waals surface area contributed by atoms with Crippen molar-refractivity contribution in [3.8, 4) is 22.5 Å². The zero-order valence-electron chi connectivity index (χ0n) is 18.6. The van der Waals surface area contributed by atoms with Gasteiger partial charge in [-0.3, -0.25) is 14.3 Å². The molecule has 2 aromatic carbocycles. The minimum absolute atomic E-state index is 0.0853. The summed E-state index contributed by atoms with van der Waals surface area (Å²) >= 11 is 0. The number of H-pyrrole nitrogens is 1. The molecule has 1 N–H and O–H groups in total. The molecule has 0 unspecified atom stereocenters. The largest absolute Gasteiger partial charge is 0.350 e. The molecular formula is C25H22FN7O. The minimum atomic E-state index is -0.292. The number of piperazine rings is 1. The Morgan fingerprint density at radius 3 is 2.56 bits per heavy atom. The van der Waals surface area contributed by atoms with Gasteiger partial charge in [-0.1, -0.05) is 6.07 Å². The van der Waals surface area contributed by atoms with Crippen molar-refractivity contribution in [1.82, 2.24) is 29.5 Å². The van der Waals surface area contributed by atoms with Crippen molar-refractivity contribution >= 4 is 28.3 Å². The monoisotopic (exact) mass is 455 g/mol. The van der Waals surface area contributed by atoms with Crippen LogP contribution >= 0.6 is 0 Å². The molecule has 0 bridgehead atoms. The molecule has 1 aliphatic rings. The third kappa shape index (κ3) is 3.37. The Morgan fingerprint density at radius 1 is 1.03 bits per heavy atom. The smallest absolute Gasteiger partial charge is 0.219 e. The highest BCUT2D eigenvalue weighted by Crippen LogP contribution is 2.36. The van der Waals surface area contributed by atoms with Gasteiger partial charge in [-0.25, -0.2) is 14.4 Å². The molecule has 4 heterocycles. The van der Waals surface area contributed by atoms with Crippen molar-refractivity contribution in [2.75, 3.05) is 31.1 Å². The zero-order chi connectivity index (χ0) is 23.2. The molecule has 9 heteroatoms. The number of hydrogen-bond acceptors (Lipinski definition) is 5. The van der Waals surface area contributed by atoms with Crippen LogP contribution in [-0.4, -0.2) is 61.6 Å². The summed E-state index contributed by atoms with van der Waals surface area (Å²) in [6.45, 7) is 4.26. The van der Waals surface area contributed by atoms with Gasteiger partial charge in [0.25, 0.3) is 0 Å². The third-order valence-electron chi connectivity index (χ3n) is 6.38. The Kier molecular flexibility index (Phi) is 4.75. The van der Waals surface area contributed by atoms with E-state index in [-0.39, 0.29) is 11.7 Å². The molecule has 5 aromatic rings. The lowest BCUT2D eigenvalue weighted by molar-refractivity contribution is -0.129. The standard InChI is InChI=1S/C25H22FN7O/c1-16(34)31-10-12-32(13-11-31)24-25-29-22(17-2-5-20(26)6-3-17)23(33(25)9-8-27-24)18-4-7-21-19(14-18)15-28-30-21/h2-9,14-15H,10-13H2,1H3,(H,28,30). The lowest BCUT2D eigenvalue weighted by Crippen LogP contribution is -2.48. The van der Waals surface area contributed by atoms with E-state index in [0.29, 0.717) is 26.2 Å². The molecule has 34 heavy (non-hydrogen) atoms. The molecule has 1 amide bonds. The molecule has 1 saturated heterocycles. The maximum Gasteiger partial charge on any atom is 0.219 e. The summed E-state index contributed by atoms with van der Waals surface area (Å²) in [7, 11) is 0. The number of carbonyl (C=O) groups excluding carboxylic acids is 1. The highest BCUT2D eigenvalue weighted by atomic mass is 19.1. The van der Waals surface area contributed by atoms with E-state index in [1.807, 2.05) is 27.6 Å². The maximum atomic E-state index is 13.7. The summed E-state index contributed by atoms with van der Waals surface area (Å²) in [6.07, 6.45) is 5.47. The first-order chi connectivity index (χ1) is 16.6. The highest BCUT2D eigenvalue weighted by molar-refractivity contribution is 5.90. The van der Waals surface area contributed by atoms with Crippen molar-refractivity contribution in [3.63, 3.8) is 0 Å². The van der Waals surface area contributed by atoms with E-state index in [4.69, 9.17) is 4.98 Å². The first-order valence-electron chi connectivity index (χ1n) is 11.2. The summed E-state index contributed by atoms with van der Waals surface area (Å²) in [5.41, 5.74) is 5.11. The van der Waals surface area contributed by atoms with Crippen LogP contribution in [0.3, 0.4) is 0 Å². The number of aromatic nitrogens is 5.